The first-order valence-corrected chi connectivity index (χ1v) is 3.57. The molecule has 0 unspecified atom stereocenters. The Bertz CT molecular complexity index is 119. The molecular formula is C7H13NO2. The van der Waals surface area contributed by atoms with Crippen molar-refractivity contribution in [1.29, 1.82) is 0 Å². The average molecular weight is 143 g/mol. The van der Waals surface area contributed by atoms with Crippen molar-refractivity contribution in [1.82, 2.24) is 0 Å². The lowest BCUT2D eigenvalue weighted by atomic mass is 9.89. The summed E-state index contributed by atoms with van der Waals surface area (Å²) in [6.07, 6.45) is 2.99. The third-order valence-electron chi connectivity index (χ3n) is 1.98. The molecule has 3 nitrogen and oxygen atoms in total. The predicted molar refractivity (Wildman–Crippen MR) is 37.7 cm³/mol. The maximum Gasteiger partial charge on any atom is 0.121 e. The molecule has 10 heavy (non-hydrogen) atoms. The lowest BCUT2D eigenvalue weighted by Crippen LogP contribution is -2.45. The summed E-state index contributed by atoms with van der Waals surface area (Å²) in [6, 6.07) is 0. The number of carbonyl (C=O) groups is 1. The Hall–Kier alpha value is -0.410. The quantitative estimate of drug-likeness (QED) is 0.557. The molecule has 2 N–H and O–H groups in total. The van der Waals surface area contributed by atoms with Gasteiger partial charge in [0.1, 0.15) is 6.29 Å². The van der Waals surface area contributed by atoms with Crippen LogP contribution < -0.4 is 5.73 Å². The van der Waals surface area contributed by atoms with E-state index in [-0.39, 0.29) is 5.54 Å². The van der Waals surface area contributed by atoms with Crippen molar-refractivity contribution in [2.45, 2.75) is 24.8 Å². The van der Waals surface area contributed by atoms with Crippen LogP contribution in [0.25, 0.3) is 0 Å². The first kappa shape index (κ1) is 7.69. The highest BCUT2D eigenvalue weighted by molar-refractivity contribution is 5.51. The maximum atomic E-state index is 10.2. The van der Waals surface area contributed by atoms with Crippen LogP contribution in [-0.4, -0.2) is 25.0 Å². The zero-order valence-electron chi connectivity index (χ0n) is 6.01. The van der Waals surface area contributed by atoms with E-state index in [1.54, 1.807) is 0 Å². The highest BCUT2D eigenvalue weighted by Crippen LogP contribution is 2.19. The monoisotopic (exact) mass is 143 g/mol. The second-order valence-electron chi connectivity index (χ2n) is 2.85. The number of nitrogens with two attached hydrogens (primary N) is 1. The summed E-state index contributed by atoms with van der Waals surface area (Å²) in [6.45, 7) is 1.40. The molecule has 1 rings (SSSR count). The van der Waals surface area contributed by atoms with Crippen molar-refractivity contribution in [3.8, 4) is 0 Å². The summed E-state index contributed by atoms with van der Waals surface area (Å²) in [4.78, 5) is 10.2. The summed E-state index contributed by atoms with van der Waals surface area (Å²) in [5.41, 5.74) is 5.59. The van der Waals surface area contributed by atoms with Crippen LogP contribution in [0.5, 0.6) is 0 Å². The first-order chi connectivity index (χ1) is 4.77. The number of hydrogen-bond donors (Lipinski definition) is 1. The molecule has 0 aliphatic carbocycles. The molecule has 0 bridgehead atoms. The second kappa shape index (κ2) is 3.12. The van der Waals surface area contributed by atoms with Crippen molar-refractivity contribution in [3.05, 3.63) is 0 Å². The van der Waals surface area contributed by atoms with Crippen molar-refractivity contribution >= 4 is 6.29 Å². The highest BCUT2D eigenvalue weighted by Gasteiger charge is 2.26. The molecule has 0 aromatic carbocycles. The van der Waals surface area contributed by atoms with Gasteiger partial charge in [-0.3, -0.25) is 0 Å². The van der Waals surface area contributed by atoms with Gasteiger partial charge in [-0.25, -0.2) is 0 Å². The normalized spacial score (nSPS) is 24.1. The van der Waals surface area contributed by atoms with E-state index in [1.807, 2.05) is 0 Å². The molecule has 0 spiro atoms. The molecule has 0 aromatic heterocycles. The molecule has 3 heteroatoms. The van der Waals surface area contributed by atoms with Gasteiger partial charge in [0.2, 0.25) is 0 Å². The van der Waals surface area contributed by atoms with Gasteiger partial charge in [0.05, 0.1) is 0 Å². The van der Waals surface area contributed by atoms with Gasteiger partial charge in [0, 0.05) is 25.2 Å². The van der Waals surface area contributed by atoms with Crippen molar-refractivity contribution in [2.24, 2.45) is 5.73 Å². The van der Waals surface area contributed by atoms with E-state index < -0.39 is 0 Å². The van der Waals surface area contributed by atoms with Gasteiger partial charge >= 0.3 is 0 Å². The molecule has 0 amide bonds. The molecule has 0 aromatic rings. The van der Waals surface area contributed by atoms with E-state index in [0.717, 1.165) is 19.1 Å². The van der Waals surface area contributed by atoms with Crippen LogP contribution in [0, 0.1) is 0 Å². The molecule has 1 aliphatic heterocycles. The Morgan fingerprint density at radius 3 is 2.60 bits per heavy atom. The van der Waals surface area contributed by atoms with Gasteiger partial charge < -0.3 is 15.3 Å². The van der Waals surface area contributed by atoms with Gasteiger partial charge in [-0.1, -0.05) is 0 Å². The summed E-state index contributed by atoms with van der Waals surface area (Å²) in [7, 11) is 0. The van der Waals surface area contributed by atoms with Gasteiger partial charge in [-0.2, -0.15) is 0 Å². The molecule has 1 heterocycles. The summed E-state index contributed by atoms with van der Waals surface area (Å²) >= 11 is 0. The van der Waals surface area contributed by atoms with Crippen LogP contribution in [0.1, 0.15) is 19.3 Å². The maximum absolute atomic E-state index is 10.2. The minimum atomic E-state index is -0.264. The SMILES string of the molecule is NC1(CC=O)CCOCC1. The van der Waals surface area contributed by atoms with E-state index in [9.17, 15) is 4.79 Å². The lowest BCUT2D eigenvalue weighted by molar-refractivity contribution is -0.109. The fourth-order valence-corrected chi connectivity index (χ4v) is 1.15. The third kappa shape index (κ3) is 1.78. The fraction of sp³-hybridized carbons (Fsp3) is 0.857. The highest BCUT2D eigenvalue weighted by atomic mass is 16.5. The van der Waals surface area contributed by atoms with Crippen LogP contribution in [0.15, 0.2) is 0 Å². The van der Waals surface area contributed by atoms with Crippen LogP contribution in [0.2, 0.25) is 0 Å². The Kier molecular flexibility index (Phi) is 2.40. The zero-order valence-corrected chi connectivity index (χ0v) is 6.01. The van der Waals surface area contributed by atoms with Gasteiger partial charge in [-0.05, 0) is 12.8 Å². The molecule has 1 saturated heterocycles. The van der Waals surface area contributed by atoms with Gasteiger partial charge in [0.15, 0.2) is 0 Å². The zero-order chi connectivity index (χ0) is 7.45. The topological polar surface area (TPSA) is 52.3 Å². The fourth-order valence-electron chi connectivity index (χ4n) is 1.15. The van der Waals surface area contributed by atoms with E-state index in [4.69, 9.17) is 10.5 Å². The van der Waals surface area contributed by atoms with E-state index in [2.05, 4.69) is 0 Å². The smallest absolute Gasteiger partial charge is 0.121 e. The second-order valence-corrected chi connectivity index (χ2v) is 2.85. The van der Waals surface area contributed by atoms with Crippen LogP contribution in [0.3, 0.4) is 0 Å². The van der Waals surface area contributed by atoms with E-state index in [0.29, 0.717) is 19.6 Å². The van der Waals surface area contributed by atoms with E-state index >= 15 is 0 Å². The minimum Gasteiger partial charge on any atom is -0.381 e. The van der Waals surface area contributed by atoms with Crippen molar-refractivity contribution in [3.63, 3.8) is 0 Å². The third-order valence-corrected chi connectivity index (χ3v) is 1.98. The first-order valence-electron chi connectivity index (χ1n) is 3.57. The average Bonchev–Trinajstić information content (AvgIpc) is 1.89. The largest absolute Gasteiger partial charge is 0.381 e. The predicted octanol–water partition coefficient (Wildman–Crippen LogP) is 0.0833. The molecule has 0 atom stereocenters. The lowest BCUT2D eigenvalue weighted by Gasteiger charge is -2.31. The molecule has 1 aliphatic rings. The van der Waals surface area contributed by atoms with Gasteiger partial charge in [0.25, 0.3) is 0 Å². The Balaban J connectivity index is 2.39. The van der Waals surface area contributed by atoms with Gasteiger partial charge in [-0.15, -0.1) is 0 Å². The van der Waals surface area contributed by atoms with Crippen LogP contribution >= 0.6 is 0 Å². The number of carbonyl (C=O) groups excluding carboxylic acids is 1. The molecule has 0 saturated carbocycles. The summed E-state index contributed by atoms with van der Waals surface area (Å²) in [5.74, 6) is 0. The Labute approximate surface area is 60.5 Å². The van der Waals surface area contributed by atoms with Crippen molar-refractivity contribution < 1.29 is 9.53 Å². The number of hydrogen-bond acceptors (Lipinski definition) is 3. The molecule has 1 fully saturated rings. The molecule has 58 valence electrons. The Morgan fingerprint density at radius 1 is 1.50 bits per heavy atom. The molecule has 0 radical (unpaired) electrons. The Morgan fingerprint density at radius 2 is 2.10 bits per heavy atom. The standard InChI is InChI=1S/C7H13NO2/c8-7(1-4-9)2-5-10-6-3-7/h4H,1-3,5-6,8H2. The van der Waals surface area contributed by atoms with Crippen LogP contribution in [0.4, 0.5) is 0 Å². The summed E-state index contributed by atoms with van der Waals surface area (Å²) in [5, 5.41) is 0. The number of rotatable bonds is 2. The minimum absolute atomic E-state index is 0.264. The molecular weight excluding hydrogens is 130 g/mol. The summed E-state index contributed by atoms with van der Waals surface area (Å²) < 4.78 is 5.12. The van der Waals surface area contributed by atoms with E-state index in [1.165, 1.54) is 0 Å². The number of aldehydes is 1. The van der Waals surface area contributed by atoms with Crippen LogP contribution in [-0.2, 0) is 9.53 Å². The van der Waals surface area contributed by atoms with Crippen molar-refractivity contribution in [2.75, 3.05) is 13.2 Å². The number of ether oxygens (including phenoxy) is 1.